The number of amides is 2. The number of hydrogen-bond donors (Lipinski definition) is 2. The van der Waals surface area contributed by atoms with Crippen molar-refractivity contribution in [1.82, 2.24) is 5.32 Å². The van der Waals surface area contributed by atoms with E-state index in [4.69, 9.17) is 0 Å². The Labute approximate surface area is 124 Å². The van der Waals surface area contributed by atoms with Crippen LogP contribution in [0.5, 0.6) is 0 Å². The highest BCUT2D eigenvalue weighted by Crippen LogP contribution is 2.10. The van der Waals surface area contributed by atoms with Crippen LogP contribution in [0.25, 0.3) is 0 Å². The maximum absolute atomic E-state index is 12.2. The minimum Gasteiger partial charge on any atom is -0.350 e. The summed E-state index contributed by atoms with van der Waals surface area (Å²) in [7, 11) is 0. The van der Waals surface area contributed by atoms with E-state index < -0.39 is 0 Å². The van der Waals surface area contributed by atoms with Gasteiger partial charge in [-0.1, -0.05) is 24.3 Å². The van der Waals surface area contributed by atoms with Crippen LogP contribution in [0.15, 0.2) is 54.6 Å². The predicted molar refractivity (Wildman–Crippen MR) is 83.4 cm³/mol. The standard InChI is InChI=1S/C17H18N2O2/c1-12(2)18-16(20)13-7-6-8-14(11-13)17(21)19-15-9-4-3-5-10-15/h3-12H,1-2H3,(H,18,20)(H,19,21). The molecule has 2 aromatic carbocycles. The van der Waals surface area contributed by atoms with Gasteiger partial charge in [0.1, 0.15) is 0 Å². The number of carbonyl (C=O) groups excluding carboxylic acids is 2. The summed E-state index contributed by atoms with van der Waals surface area (Å²) in [6, 6.07) is 15.9. The van der Waals surface area contributed by atoms with Crippen molar-refractivity contribution in [1.29, 1.82) is 0 Å². The minimum absolute atomic E-state index is 0.0549. The molecule has 2 aromatic rings. The van der Waals surface area contributed by atoms with Crippen LogP contribution in [0.2, 0.25) is 0 Å². The molecule has 108 valence electrons. The van der Waals surface area contributed by atoms with Crippen molar-refractivity contribution < 1.29 is 9.59 Å². The molecule has 0 unspecified atom stereocenters. The molecule has 0 saturated carbocycles. The third kappa shape index (κ3) is 4.18. The Morgan fingerprint density at radius 1 is 0.857 bits per heavy atom. The number of benzene rings is 2. The Hall–Kier alpha value is -2.62. The molecule has 0 atom stereocenters. The quantitative estimate of drug-likeness (QED) is 0.905. The van der Waals surface area contributed by atoms with Gasteiger partial charge in [0.15, 0.2) is 0 Å². The zero-order valence-electron chi connectivity index (χ0n) is 12.1. The molecule has 0 aliphatic carbocycles. The monoisotopic (exact) mass is 282 g/mol. The Balaban J connectivity index is 2.13. The van der Waals surface area contributed by atoms with Crippen molar-refractivity contribution in [3.05, 3.63) is 65.7 Å². The fourth-order valence-corrected chi connectivity index (χ4v) is 1.87. The van der Waals surface area contributed by atoms with E-state index in [0.29, 0.717) is 11.1 Å². The summed E-state index contributed by atoms with van der Waals surface area (Å²) < 4.78 is 0. The third-order valence-corrected chi connectivity index (χ3v) is 2.84. The molecule has 4 nitrogen and oxygen atoms in total. The Bertz CT molecular complexity index is 636. The van der Waals surface area contributed by atoms with E-state index in [1.165, 1.54) is 0 Å². The smallest absolute Gasteiger partial charge is 0.255 e. The van der Waals surface area contributed by atoms with E-state index in [-0.39, 0.29) is 17.9 Å². The van der Waals surface area contributed by atoms with Gasteiger partial charge in [-0.15, -0.1) is 0 Å². The van der Waals surface area contributed by atoms with Crippen LogP contribution in [0, 0.1) is 0 Å². The van der Waals surface area contributed by atoms with Crippen LogP contribution in [-0.4, -0.2) is 17.9 Å². The number of anilines is 1. The molecule has 0 saturated heterocycles. The summed E-state index contributed by atoms with van der Waals surface area (Å²) in [6.45, 7) is 3.79. The first-order valence-electron chi connectivity index (χ1n) is 6.83. The lowest BCUT2D eigenvalue weighted by atomic mass is 10.1. The molecule has 21 heavy (non-hydrogen) atoms. The van der Waals surface area contributed by atoms with Gasteiger partial charge in [-0.3, -0.25) is 9.59 Å². The van der Waals surface area contributed by atoms with Gasteiger partial charge in [-0.05, 0) is 44.2 Å². The molecule has 0 radical (unpaired) electrons. The fraction of sp³-hybridized carbons (Fsp3) is 0.176. The summed E-state index contributed by atoms with van der Waals surface area (Å²) in [5.74, 6) is -0.417. The Kier molecular flexibility index (Phi) is 4.72. The van der Waals surface area contributed by atoms with Gasteiger partial charge in [0.25, 0.3) is 11.8 Å². The highest BCUT2D eigenvalue weighted by Gasteiger charge is 2.11. The normalized spacial score (nSPS) is 10.2. The lowest BCUT2D eigenvalue weighted by Gasteiger charge is -2.09. The molecule has 0 fully saturated rings. The summed E-state index contributed by atoms with van der Waals surface area (Å²) in [5.41, 5.74) is 1.65. The molecule has 0 aliphatic rings. The van der Waals surface area contributed by atoms with E-state index in [0.717, 1.165) is 5.69 Å². The molecular weight excluding hydrogens is 264 g/mol. The van der Waals surface area contributed by atoms with E-state index in [1.54, 1.807) is 24.3 Å². The topological polar surface area (TPSA) is 58.2 Å². The van der Waals surface area contributed by atoms with Crippen LogP contribution >= 0.6 is 0 Å². The van der Waals surface area contributed by atoms with Crippen molar-refractivity contribution in [2.75, 3.05) is 5.32 Å². The maximum Gasteiger partial charge on any atom is 0.255 e. The van der Waals surface area contributed by atoms with Crippen LogP contribution < -0.4 is 10.6 Å². The second-order valence-corrected chi connectivity index (χ2v) is 5.03. The minimum atomic E-state index is -0.236. The fourth-order valence-electron chi connectivity index (χ4n) is 1.87. The summed E-state index contributed by atoms with van der Waals surface area (Å²) in [5, 5.41) is 5.60. The van der Waals surface area contributed by atoms with E-state index >= 15 is 0 Å². The number of rotatable bonds is 4. The molecule has 2 amide bonds. The summed E-state index contributed by atoms with van der Waals surface area (Å²) in [6.07, 6.45) is 0. The molecule has 2 N–H and O–H groups in total. The Morgan fingerprint density at radius 3 is 2.10 bits per heavy atom. The zero-order chi connectivity index (χ0) is 15.2. The molecule has 0 bridgehead atoms. The highest BCUT2D eigenvalue weighted by atomic mass is 16.2. The van der Waals surface area contributed by atoms with Gasteiger partial charge >= 0.3 is 0 Å². The summed E-state index contributed by atoms with van der Waals surface area (Å²) in [4.78, 5) is 24.1. The van der Waals surface area contributed by atoms with E-state index in [2.05, 4.69) is 10.6 Å². The predicted octanol–water partition coefficient (Wildman–Crippen LogP) is 3.08. The molecule has 2 rings (SSSR count). The SMILES string of the molecule is CC(C)NC(=O)c1cccc(C(=O)Nc2ccccc2)c1. The third-order valence-electron chi connectivity index (χ3n) is 2.84. The van der Waals surface area contributed by atoms with Crippen LogP contribution in [0.1, 0.15) is 34.6 Å². The largest absolute Gasteiger partial charge is 0.350 e. The van der Waals surface area contributed by atoms with Crippen molar-refractivity contribution in [2.45, 2.75) is 19.9 Å². The van der Waals surface area contributed by atoms with Crippen molar-refractivity contribution in [3.63, 3.8) is 0 Å². The van der Waals surface area contributed by atoms with Gasteiger partial charge in [0, 0.05) is 22.9 Å². The van der Waals surface area contributed by atoms with Gasteiger partial charge in [0.05, 0.1) is 0 Å². The number of carbonyl (C=O) groups is 2. The lowest BCUT2D eigenvalue weighted by molar-refractivity contribution is 0.0943. The van der Waals surface area contributed by atoms with E-state index in [1.807, 2.05) is 44.2 Å². The first kappa shape index (κ1) is 14.8. The van der Waals surface area contributed by atoms with Crippen molar-refractivity contribution >= 4 is 17.5 Å². The number of nitrogens with one attached hydrogen (secondary N) is 2. The maximum atomic E-state index is 12.2. The summed E-state index contributed by atoms with van der Waals surface area (Å²) >= 11 is 0. The van der Waals surface area contributed by atoms with Gasteiger partial charge in [0.2, 0.25) is 0 Å². The first-order valence-corrected chi connectivity index (χ1v) is 6.83. The first-order chi connectivity index (χ1) is 10.1. The molecule has 0 aromatic heterocycles. The van der Waals surface area contributed by atoms with Crippen molar-refractivity contribution in [2.24, 2.45) is 0 Å². The Morgan fingerprint density at radius 2 is 1.48 bits per heavy atom. The van der Waals surface area contributed by atoms with Gasteiger partial charge < -0.3 is 10.6 Å². The van der Waals surface area contributed by atoms with Crippen LogP contribution in [-0.2, 0) is 0 Å². The van der Waals surface area contributed by atoms with Crippen LogP contribution in [0.3, 0.4) is 0 Å². The molecule has 0 heterocycles. The highest BCUT2D eigenvalue weighted by molar-refractivity contribution is 6.06. The molecule has 0 aliphatic heterocycles. The average molecular weight is 282 g/mol. The van der Waals surface area contributed by atoms with Crippen LogP contribution in [0.4, 0.5) is 5.69 Å². The second kappa shape index (κ2) is 6.70. The average Bonchev–Trinajstić information content (AvgIpc) is 2.47. The zero-order valence-corrected chi connectivity index (χ0v) is 12.1. The number of hydrogen-bond acceptors (Lipinski definition) is 2. The molecule has 0 spiro atoms. The number of para-hydroxylation sites is 1. The van der Waals surface area contributed by atoms with Gasteiger partial charge in [-0.25, -0.2) is 0 Å². The second-order valence-electron chi connectivity index (χ2n) is 5.03. The van der Waals surface area contributed by atoms with Gasteiger partial charge in [-0.2, -0.15) is 0 Å². The lowest BCUT2D eigenvalue weighted by Crippen LogP contribution is -2.30. The molecule has 4 heteroatoms. The van der Waals surface area contributed by atoms with E-state index in [9.17, 15) is 9.59 Å². The molecular formula is C17H18N2O2. The van der Waals surface area contributed by atoms with Crippen molar-refractivity contribution in [3.8, 4) is 0 Å².